The first-order chi connectivity index (χ1) is 10.9. The topological polar surface area (TPSA) is 46.2 Å². The highest BCUT2D eigenvalue weighted by Crippen LogP contribution is 2.56. The van der Waals surface area contributed by atoms with Gasteiger partial charge < -0.3 is 5.32 Å². The lowest BCUT2D eigenvalue weighted by atomic mass is 9.68. The van der Waals surface area contributed by atoms with E-state index in [1.54, 1.807) is 0 Å². The number of allylic oxidation sites excluding steroid dienone is 2. The van der Waals surface area contributed by atoms with Gasteiger partial charge in [0.15, 0.2) is 5.78 Å². The smallest absolute Gasteiger partial charge is 0.221 e. The highest BCUT2D eigenvalue weighted by atomic mass is 16.1. The molecule has 3 rings (SSSR count). The number of carbonyl (C=O) groups excluding carboxylic acids is 2. The molecule has 0 bridgehead atoms. The third-order valence-corrected chi connectivity index (χ3v) is 5.49. The van der Waals surface area contributed by atoms with Gasteiger partial charge in [0.05, 0.1) is 0 Å². The molecule has 0 aromatic heterocycles. The molecule has 0 aliphatic heterocycles. The Hall–Kier alpha value is -2.16. The van der Waals surface area contributed by atoms with E-state index in [0.717, 1.165) is 36.1 Å². The van der Waals surface area contributed by atoms with Crippen LogP contribution in [0.4, 0.5) is 5.69 Å². The molecule has 0 fully saturated rings. The molecule has 3 nitrogen and oxygen atoms in total. The zero-order valence-corrected chi connectivity index (χ0v) is 14.1. The monoisotopic (exact) mass is 309 g/mol. The molecule has 0 heterocycles. The molecule has 0 saturated carbocycles. The minimum atomic E-state index is -0.0840. The van der Waals surface area contributed by atoms with Crippen molar-refractivity contribution in [3.05, 3.63) is 41.0 Å². The third kappa shape index (κ3) is 2.26. The summed E-state index contributed by atoms with van der Waals surface area (Å²) < 4.78 is 0. The van der Waals surface area contributed by atoms with Gasteiger partial charge in [-0.2, -0.15) is 0 Å². The van der Waals surface area contributed by atoms with E-state index >= 15 is 0 Å². The number of fused-ring (bicyclic) bond motifs is 3. The second-order valence-electron chi connectivity index (χ2n) is 6.67. The lowest BCUT2D eigenvalue weighted by Gasteiger charge is -2.34. The molecular weight excluding hydrogens is 286 g/mol. The Kier molecular flexibility index (Phi) is 3.75. The van der Waals surface area contributed by atoms with Gasteiger partial charge in [0.25, 0.3) is 0 Å². The van der Waals surface area contributed by atoms with Gasteiger partial charge >= 0.3 is 0 Å². The highest BCUT2D eigenvalue weighted by molar-refractivity contribution is 6.06. The number of nitrogens with one attached hydrogen (secondary N) is 1. The van der Waals surface area contributed by atoms with E-state index in [-0.39, 0.29) is 17.1 Å². The highest BCUT2D eigenvalue weighted by Gasteiger charge is 2.45. The van der Waals surface area contributed by atoms with E-state index in [9.17, 15) is 9.59 Å². The molecule has 2 aliphatic rings. The Morgan fingerprint density at radius 3 is 2.78 bits per heavy atom. The summed E-state index contributed by atoms with van der Waals surface area (Å²) in [5.41, 5.74) is 6.39. The molecule has 1 aromatic rings. The number of carbonyl (C=O) groups is 2. The molecule has 1 amide bonds. The van der Waals surface area contributed by atoms with Gasteiger partial charge in [-0.05, 0) is 54.5 Å². The van der Waals surface area contributed by atoms with E-state index in [1.165, 1.54) is 23.6 Å². The minimum absolute atomic E-state index is 0.0624. The summed E-state index contributed by atoms with van der Waals surface area (Å²) in [5, 5.41) is 2.89. The molecule has 0 radical (unpaired) electrons. The van der Waals surface area contributed by atoms with Crippen LogP contribution < -0.4 is 5.32 Å². The Morgan fingerprint density at radius 2 is 2.17 bits per heavy atom. The van der Waals surface area contributed by atoms with Crippen LogP contribution in [-0.4, -0.2) is 11.7 Å². The van der Waals surface area contributed by atoms with Crippen molar-refractivity contribution in [1.82, 2.24) is 0 Å². The van der Waals surface area contributed by atoms with Gasteiger partial charge in [-0.3, -0.25) is 9.59 Å². The fourth-order valence-corrected chi connectivity index (χ4v) is 4.31. The summed E-state index contributed by atoms with van der Waals surface area (Å²) in [7, 11) is 0. The molecule has 1 atom stereocenters. The van der Waals surface area contributed by atoms with Crippen molar-refractivity contribution in [1.29, 1.82) is 0 Å². The van der Waals surface area contributed by atoms with E-state index in [4.69, 9.17) is 0 Å². The summed E-state index contributed by atoms with van der Waals surface area (Å²) >= 11 is 0. The maximum atomic E-state index is 12.2. The predicted octanol–water partition coefficient (Wildman–Crippen LogP) is 4.38. The number of benzene rings is 1. The number of rotatable bonds is 3. The van der Waals surface area contributed by atoms with Crippen LogP contribution in [0, 0.1) is 5.41 Å². The molecular formula is C20H23NO2. The third-order valence-electron chi connectivity index (χ3n) is 5.49. The number of Topliss-reactive ketones (excluding diaryl/α,β-unsaturated/α-hetero) is 1. The van der Waals surface area contributed by atoms with Crippen molar-refractivity contribution in [3.63, 3.8) is 0 Å². The Bertz CT molecular complexity index is 757. The predicted molar refractivity (Wildman–Crippen MR) is 94.1 cm³/mol. The lowest BCUT2D eigenvalue weighted by Crippen LogP contribution is -2.27. The van der Waals surface area contributed by atoms with E-state index in [1.807, 2.05) is 19.1 Å². The van der Waals surface area contributed by atoms with Crippen LogP contribution in [0.2, 0.25) is 0 Å². The molecule has 0 spiro atoms. The molecule has 23 heavy (non-hydrogen) atoms. The first kappa shape index (κ1) is 15.7. The summed E-state index contributed by atoms with van der Waals surface area (Å²) in [5.74, 6) is 0.183. The quantitative estimate of drug-likeness (QED) is 0.900. The standard InChI is InChI=1S/C20H23NO2/c1-5-14-16-11-20(6-2)10-9-18(23)12(3)19(20)15(16)7-8-17(14)21-13(4)22/h5,7-8H,1,6,9-11H2,2-4H3,(H,21,22). The molecule has 2 aliphatic carbocycles. The largest absolute Gasteiger partial charge is 0.326 e. The molecule has 1 N–H and O–H groups in total. The van der Waals surface area contributed by atoms with Crippen molar-refractivity contribution in [2.45, 2.75) is 46.5 Å². The maximum Gasteiger partial charge on any atom is 0.221 e. The van der Waals surface area contributed by atoms with Crippen molar-refractivity contribution in [2.75, 3.05) is 5.32 Å². The van der Waals surface area contributed by atoms with E-state index in [2.05, 4.69) is 24.9 Å². The van der Waals surface area contributed by atoms with Crippen molar-refractivity contribution >= 4 is 29.0 Å². The molecule has 3 heteroatoms. The second-order valence-corrected chi connectivity index (χ2v) is 6.67. The SMILES string of the molecule is C=Cc1c(NC(C)=O)ccc2c1CC1(CC)CCC(=O)C(C)=C21. The van der Waals surface area contributed by atoms with Crippen molar-refractivity contribution in [3.8, 4) is 0 Å². The number of amides is 1. The fourth-order valence-electron chi connectivity index (χ4n) is 4.31. The van der Waals surface area contributed by atoms with Crippen LogP contribution in [0.5, 0.6) is 0 Å². The first-order valence-electron chi connectivity index (χ1n) is 8.24. The van der Waals surface area contributed by atoms with Gasteiger partial charge in [-0.1, -0.05) is 25.6 Å². The Labute approximate surface area is 137 Å². The van der Waals surface area contributed by atoms with E-state index < -0.39 is 0 Å². The van der Waals surface area contributed by atoms with E-state index in [0.29, 0.717) is 6.42 Å². The van der Waals surface area contributed by atoms with Gasteiger partial charge in [-0.25, -0.2) is 0 Å². The molecule has 1 aromatic carbocycles. The Balaban J connectivity index is 2.24. The van der Waals surface area contributed by atoms with Crippen LogP contribution in [0.25, 0.3) is 11.6 Å². The zero-order valence-electron chi connectivity index (χ0n) is 14.1. The van der Waals surface area contributed by atoms with Gasteiger partial charge in [0.1, 0.15) is 0 Å². The van der Waals surface area contributed by atoms with Gasteiger partial charge in [0, 0.05) is 30.0 Å². The summed E-state index contributed by atoms with van der Waals surface area (Å²) in [4.78, 5) is 23.7. The van der Waals surface area contributed by atoms with Gasteiger partial charge in [0.2, 0.25) is 5.91 Å². The van der Waals surface area contributed by atoms with Crippen LogP contribution in [-0.2, 0) is 16.0 Å². The summed E-state index contributed by atoms with van der Waals surface area (Å²) in [6, 6.07) is 3.99. The van der Waals surface area contributed by atoms with Crippen LogP contribution >= 0.6 is 0 Å². The van der Waals surface area contributed by atoms with Crippen LogP contribution in [0.1, 0.15) is 56.7 Å². The number of hydrogen-bond donors (Lipinski definition) is 1. The minimum Gasteiger partial charge on any atom is -0.326 e. The second kappa shape index (κ2) is 5.48. The summed E-state index contributed by atoms with van der Waals surface area (Å²) in [6.07, 6.45) is 5.32. The molecule has 0 saturated heterocycles. The van der Waals surface area contributed by atoms with Crippen molar-refractivity contribution < 1.29 is 9.59 Å². The fraction of sp³-hybridized carbons (Fsp3) is 0.400. The average Bonchev–Trinajstić information content (AvgIpc) is 2.86. The average molecular weight is 309 g/mol. The normalized spacial score (nSPS) is 22.7. The zero-order chi connectivity index (χ0) is 16.8. The van der Waals surface area contributed by atoms with Gasteiger partial charge in [-0.15, -0.1) is 0 Å². The molecule has 1 unspecified atom stereocenters. The van der Waals surface area contributed by atoms with Crippen LogP contribution in [0.3, 0.4) is 0 Å². The lowest BCUT2D eigenvalue weighted by molar-refractivity contribution is -0.116. The summed E-state index contributed by atoms with van der Waals surface area (Å²) in [6.45, 7) is 9.62. The van der Waals surface area contributed by atoms with Crippen molar-refractivity contribution in [2.24, 2.45) is 5.41 Å². The molecule has 120 valence electrons. The van der Waals surface area contributed by atoms with Crippen LogP contribution in [0.15, 0.2) is 24.3 Å². The first-order valence-corrected chi connectivity index (χ1v) is 8.24. The number of anilines is 1. The maximum absolute atomic E-state index is 12.2. The Morgan fingerprint density at radius 1 is 1.43 bits per heavy atom. The number of ketones is 1. The number of hydrogen-bond acceptors (Lipinski definition) is 2.